The highest BCUT2D eigenvalue weighted by Gasteiger charge is 2.37. The van der Waals surface area contributed by atoms with Gasteiger partial charge in [-0.25, -0.2) is 0 Å². The first-order valence-electron chi connectivity index (χ1n) is 9.67. The van der Waals surface area contributed by atoms with E-state index in [0.29, 0.717) is 6.42 Å². The monoisotopic (exact) mass is 404 g/mol. The van der Waals surface area contributed by atoms with Gasteiger partial charge in [0, 0.05) is 6.42 Å². The van der Waals surface area contributed by atoms with Gasteiger partial charge in [-0.1, -0.05) is 77.4 Å². The van der Waals surface area contributed by atoms with Crippen LogP contribution < -0.4 is 0 Å². The van der Waals surface area contributed by atoms with E-state index in [-0.39, 0.29) is 10.9 Å². The van der Waals surface area contributed by atoms with Gasteiger partial charge in [-0.05, 0) is 44.0 Å². The molecule has 0 amide bonds. The molecule has 1 unspecified atom stereocenters. The molecule has 0 aromatic heterocycles. The van der Waals surface area contributed by atoms with Crippen LogP contribution in [-0.4, -0.2) is 18.5 Å². The van der Waals surface area contributed by atoms with E-state index < -0.39 is 10.0 Å². The minimum Gasteiger partial charge on any atom is -0.200 e. The van der Waals surface area contributed by atoms with E-state index in [1.807, 2.05) is 81.4 Å². The lowest BCUT2D eigenvalue weighted by molar-refractivity contribution is 0.371. The van der Waals surface area contributed by atoms with E-state index in [4.69, 9.17) is 0 Å². The predicted molar refractivity (Wildman–Crippen MR) is 116 cm³/mol. The summed E-state index contributed by atoms with van der Waals surface area (Å²) in [6.07, 6.45) is 0.539. The number of benzene rings is 3. The van der Waals surface area contributed by atoms with E-state index >= 15 is 0 Å². The molecular weight excluding hydrogens is 380 g/mol. The van der Waals surface area contributed by atoms with Crippen molar-refractivity contribution in [3.8, 4) is 0 Å². The van der Waals surface area contributed by atoms with Crippen molar-refractivity contribution in [3.05, 3.63) is 101 Å². The van der Waals surface area contributed by atoms with Crippen LogP contribution >= 0.6 is 0 Å². The number of hydrogen-bond acceptors (Lipinski definition) is 3. The minimum absolute atomic E-state index is 0.259. The van der Waals surface area contributed by atoms with Crippen molar-refractivity contribution in [2.45, 2.75) is 38.1 Å². The summed E-state index contributed by atoms with van der Waals surface area (Å²) in [6, 6.07) is 22.6. The third-order valence-electron chi connectivity index (χ3n) is 5.25. The summed E-state index contributed by atoms with van der Waals surface area (Å²) in [6.45, 7) is 5.98. The van der Waals surface area contributed by atoms with Crippen LogP contribution in [0.1, 0.15) is 40.3 Å². The van der Waals surface area contributed by atoms with Crippen molar-refractivity contribution in [1.29, 1.82) is 0 Å². The second-order valence-electron chi connectivity index (χ2n) is 7.64. The van der Waals surface area contributed by atoms with Gasteiger partial charge in [0.05, 0.1) is 16.6 Å². The fourth-order valence-electron chi connectivity index (χ4n) is 3.57. The van der Waals surface area contributed by atoms with E-state index in [1.165, 1.54) is 4.41 Å². The first-order valence-corrected chi connectivity index (χ1v) is 11.1. The fourth-order valence-corrected chi connectivity index (χ4v) is 5.01. The summed E-state index contributed by atoms with van der Waals surface area (Å²) >= 11 is 0. The third-order valence-corrected chi connectivity index (χ3v) is 6.95. The zero-order valence-corrected chi connectivity index (χ0v) is 17.6. The molecular formula is C24H24N2O2S. The molecule has 0 spiro atoms. The van der Waals surface area contributed by atoms with Gasteiger partial charge in [0.2, 0.25) is 0 Å². The Balaban J connectivity index is 1.80. The van der Waals surface area contributed by atoms with Gasteiger partial charge in [0.1, 0.15) is 0 Å². The Hall–Kier alpha value is -2.92. The van der Waals surface area contributed by atoms with Gasteiger partial charge < -0.3 is 0 Å². The molecule has 3 aromatic carbocycles. The van der Waals surface area contributed by atoms with Crippen molar-refractivity contribution in [2.24, 2.45) is 5.10 Å². The highest BCUT2D eigenvalue weighted by Crippen LogP contribution is 2.37. The van der Waals surface area contributed by atoms with Crippen LogP contribution in [0.15, 0.2) is 82.8 Å². The van der Waals surface area contributed by atoms with E-state index in [0.717, 1.165) is 33.5 Å². The Morgan fingerprint density at radius 2 is 1.45 bits per heavy atom. The smallest absolute Gasteiger partial charge is 0.200 e. The van der Waals surface area contributed by atoms with Gasteiger partial charge in [-0.15, -0.1) is 0 Å². The molecule has 0 aliphatic carbocycles. The number of hydrazone groups is 1. The van der Waals surface area contributed by atoms with Crippen LogP contribution in [0.3, 0.4) is 0 Å². The molecule has 0 saturated heterocycles. The Morgan fingerprint density at radius 1 is 0.828 bits per heavy atom. The molecule has 4 rings (SSSR count). The summed E-state index contributed by atoms with van der Waals surface area (Å²) in [4.78, 5) is 0.259. The molecule has 5 heteroatoms. The van der Waals surface area contributed by atoms with E-state index in [2.05, 4.69) is 5.10 Å². The second kappa shape index (κ2) is 7.48. The van der Waals surface area contributed by atoms with Crippen LogP contribution in [0.5, 0.6) is 0 Å². The van der Waals surface area contributed by atoms with Gasteiger partial charge in [0.15, 0.2) is 0 Å². The van der Waals surface area contributed by atoms with Crippen LogP contribution in [0.25, 0.3) is 0 Å². The summed E-state index contributed by atoms with van der Waals surface area (Å²) < 4.78 is 28.2. The molecule has 1 aliphatic heterocycles. The molecule has 4 nitrogen and oxygen atoms in total. The molecule has 0 N–H and O–H groups in total. The summed E-state index contributed by atoms with van der Waals surface area (Å²) in [5.74, 6) is 0. The third kappa shape index (κ3) is 3.83. The van der Waals surface area contributed by atoms with Gasteiger partial charge in [-0.3, -0.25) is 0 Å². The maximum Gasteiger partial charge on any atom is 0.279 e. The van der Waals surface area contributed by atoms with E-state index in [1.54, 1.807) is 12.1 Å². The van der Waals surface area contributed by atoms with Gasteiger partial charge in [-0.2, -0.15) is 17.9 Å². The lowest BCUT2D eigenvalue weighted by Crippen LogP contribution is -2.27. The van der Waals surface area contributed by atoms with Crippen molar-refractivity contribution in [2.75, 3.05) is 0 Å². The predicted octanol–water partition coefficient (Wildman–Crippen LogP) is 5.15. The normalized spacial score (nSPS) is 16.7. The van der Waals surface area contributed by atoms with Crippen molar-refractivity contribution < 1.29 is 8.42 Å². The number of sulfonamides is 1. The van der Waals surface area contributed by atoms with E-state index in [9.17, 15) is 8.42 Å². The highest BCUT2D eigenvalue weighted by atomic mass is 32.2. The van der Waals surface area contributed by atoms with Crippen molar-refractivity contribution in [1.82, 2.24) is 4.41 Å². The molecule has 1 aliphatic rings. The molecule has 0 saturated carbocycles. The molecule has 1 heterocycles. The number of rotatable bonds is 4. The molecule has 148 valence electrons. The van der Waals surface area contributed by atoms with Gasteiger partial charge in [0.25, 0.3) is 10.0 Å². The molecule has 3 aromatic rings. The average Bonchev–Trinajstić information content (AvgIpc) is 3.15. The minimum atomic E-state index is -3.77. The van der Waals surface area contributed by atoms with Crippen LogP contribution in [0.2, 0.25) is 0 Å². The number of nitrogens with zero attached hydrogens (tertiary/aromatic N) is 2. The Kier molecular flexibility index (Phi) is 5.01. The first-order chi connectivity index (χ1) is 13.8. The number of aryl methyl sites for hydroxylation is 3. The maximum atomic E-state index is 13.5. The molecule has 0 bridgehead atoms. The fraction of sp³-hybridized carbons (Fsp3) is 0.208. The van der Waals surface area contributed by atoms with Crippen LogP contribution in [0.4, 0.5) is 0 Å². The first kappa shape index (κ1) is 19.4. The quantitative estimate of drug-likeness (QED) is 0.604. The Morgan fingerprint density at radius 3 is 2.07 bits per heavy atom. The van der Waals surface area contributed by atoms with Crippen LogP contribution in [0, 0.1) is 20.8 Å². The lowest BCUT2D eigenvalue weighted by Gasteiger charge is -2.23. The van der Waals surface area contributed by atoms with Crippen molar-refractivity contribution >= 4 is 15.7 Å². The second-order valence-corrected chi connectivity index (χ2v) is 9.43. The topological polar surface area (TPSA) is 49.7 Å². The largest absolute Gasteiger partial charge is 0.279 e. The summed E-state index contributed by atoms with van der Waals surface area (Å²) in [5, 5.41) is 4.61. The molecule has 0 fully saturated rings. The Bertz CT molecular complexity index is 1160. The average molecular weight is 405 g/mol. The SMILES string of the molecule is Cc1ccc(C2=NN(S(=O)(=O)c3ccc(C)cc3)C(c3cccc(C)c3)C2)cc1. The summed E-state index contributed by atoms with van der Waals surface area (Å²) in [7, 11) is -3.77. The molecule has 0 radical (unpaired) electrons. The van der Waals surface area contributed by atoms with Gasteiger partial charge >= 0.3 is 0 Å². The summed E-state index contributed by atoms with van der Waals surface area (Å²) in [5.41, 5.74) is 5.96. The molecule has 29 heavy (non-hydrogen) atoms. The molecule has 1 atom stereocenters. The van der Waals surface area contributed by atoms with Crippen molar-refractivity contribution in [3.63, 3.8) is 0 Å². The standard InChI is InChI=1S/C24H24N2O2S/c1-17-7-11-20(12-8-17)23-16-24(21-6-4-5-19(3)15-21)26(25-23)29(27,28)22-13-9-18(2)10-14-22/h4-15,24H,16H2,1-3H3. The zero-order valence-electron chi connectivity index (χ0n) is 16.8. The number of hydrogen-bond donors (Lipinski definition) is 0. The highest BCUT2D eigenvalue weighted by molar-refractivity contribution is 7.89. The maximum absolute atomic E-state index is 13.5. The zero-order chi connectivity index (χ0) is 20.6. The lowest BCUT2D eigenvalue weighted by atomic mass is 9.98. The van der Waals surface area contributed by atoms with Crippen LogP contribution in [-0.2, 0) is 10.0 Å². The Labute approximate surface area is 172 Å².